The first-order chi connectivity index (χ1) is 13.8. The van der Waals surface area contributed by atoms with Crippen LogP contribution >= 0.6 is 0 Å². The van der Waals surface area contributed by atoms with Crippen molar-refractivity contribution in [1.29, 1.82) is 0 Å². The maximum absolute atomic E-state index is 12.3. The number of hydrogen-bond acceptors (Lipinski definition) is 3. The zero-order chi connectivity index (χ0) is 21.3. The zero-order valence-electron chi connectivity index (χ0n) is 18.0. The summed E-state index contributed by atoms with van der Waals surface area (Å²) in [6.07, 6.45) is 3.60. The van der Waals surface area contributed by atoms with E-state index in [0.29, 0.717) is 19.0 Å². The number of carbonyl (C=O) groups excluding carboxylic acids is 1. The molecule has 1 atom stereocenters. The van der Waals surface area contributed by atoms with Crippen molar-refractivity contribution in [2.45, 2.75) is 45.9 Å². The number of rotatable bonds is 7. The Morgan fingerprint density at radius 2 is 1.90 bits per heavy atom. The molecule has 0 spiro atoms. The maximum Gasteiger partial charge on any atom is 0.408 e. The number of amides is 1. The van der Waals surface area contributed by atoms with Gasteiger partial charge in [0.1, 0.15) is 5.60 Å². The molecule has 1 aromatic carbocycles. The normalized spacial score (nSPS) is 12.9. The number of benzene rings is 1. The molecule has 7 heteroatoms. The SMILES string of the molecule is CCNC(=NCc1ccn(C)c1)NCC(NC(=O)OC(C)(C)C)c1ccccc1. The molecule has 29 heavy (non-hydrogen) atoms. The molecule has 3 N–H and O–H groups in total. The van der Waals surface area contributed by atoms with Crippen LogP contribution in [-0.4, -0.2) is 35.3 Å². The minimum Gasteiger partial charge on any atom is -0.444 e. The third-order valence-electron chi connectivity index (χ3n) is 4.02. The molecule has 0 saturated heterocycles. The zero-order valence-corrected chi connectivity index (χ0v) is 18.0. The van der Waals surface area contributed by atoms with Gasteiger partial charge < -0.3 is 25.3 Å². The Kier molecular flexibility index (Phi) is 8.12. The van der Waals surface area contributed by atoms with E-state index in [1.54, 1.807) is 0 Å². The van der Waals surface area contributed by atoms with Gasteiger partial charge in [-0.15, -0.1) is 0 Å². The molecule has 0 aliphatic rings. The summed E-state index contributed by atoms with van der Waals surface area (Å²) in [7, 11) is 1.99. The van der Waals surface area contributed by atoms with E-state index < -0.39 is 11.7 Å². The Morgan fingerprint density at radius 3 is 2.48 bits per heavy atom. The molecule has 0 aliphatic carbocycles. The Labute approximate surface area is 173 Å². The van der Waals surface area contributed by atoms with E-state index in [0.717, 1.165) is 17.7 Å². The summed E-state index contributed by atoms with van der Waals surface area (Å²) in [5.74, 6) is 0.697. The number of aliphatic imine (C=N–C) groups is 1. The van der Waals surface area contributed by atoms with Crippen LogP contribution in [0.1, 0.15) is 44.9 Å². The maximum atomic E-state index is 12.3. The summed E-state index contributed by atoms with van der Waals surface area (Å²) in [6.45, 7) is 9.37. The van der Waals surface area contributed by atoms with Crippen LogP contribution in [0.3, 0.4) is 0 Å². The van der Waals surface area contributed by atoms with Crippen LogP contribution in [0, 0.1) is 0 Å². The molecule has 0 saturated carbocycles. The molecule has 1 heterocycles. The highest BCUT2D eigenvalue weighted by Crippen LogP contribution is 2.14. The van der Waals surface area contributed by atoms with E-state index in [2.05, 4.69) is 20.9 Å². The highest BCUT2D eigenvalue weighted by Gasteiger charge is 2.20. The Balaban J connectivity index is 2.06. The fraction of sp³-hybridized carbons (Fsp3) is 0.455. The largest absolute Gasteiger partial charge is 0.444 e. The van der Waals surface area contributed by atoms with Gasteiger partial charge in [0.25, 0.3) is 0 Å². The van der Waals surface area contributed by atoms with E-state index in [4.69, 9.17) is 4.74 Å². The monoisotopic (exact) mass is 399 g/mol. The number of carbonyl (C=O) groups is 1. The van der Waals surface area contributed by atoms with E-state index in [-0.39, 0.29) is 6.04 Å². The minimum atomic E-state index is -0.551. The Morgan fingerprint density at radius 1 is 1.17 bits per heavy atom. The van der Waals surface area contributed by atoms with Gasteiger partial charge in [0.15, 0.2) is 5.96 Å². The molecule has 1 amide bonds. The fourth-order valence-corrected chi connectivity index (χ4v) is 2.75. The van der Waals surface area contributed by atoms with Crippen LogP contribution in [0.25, 0.3) is 0 Å². The van der Waals surface area contributed by atoms with Gasteiger partial charge in [-0.3, -0.25) is 0 Å². The topological polar surface area (TPSA) is 79.7 Å². The van der Waals surface area contributed by atoms with Crippen LogP contribution in [0.5, 0.6) is 0 Å². The number of nitrogens with one attached hydrogen (secondary N) is 3. The number of alkyl carbamates (subject to hydrolysis) is 1. The van der Waals surface area contributed by atoms with Crippen molar-refractivity contribution in [2.24, 2.45) is 12.0 Å². The van der Waals surface area contributed by atoms with Crippen molar-refractivity contribution in [1.82, 2.24) is 20.5 Å². The fourth-order valence-electron chi connectivity index (χ4n) is 2.75. The second-order valence-electron chi connectivity index (χ2n) is 7.87. The van der Waals surface area contributed by atoms with Gasteiger partial charge in [0, 0.05) is 32.5 Å². The Hall–Kier alpha value is -2.96. The number of guanidine groups is 1. The van der Waals surface area contributed by atoms with Crippen molar-refractivity contribution in [3.8, 4) is 0 Å². The quantitative estimate of drug-likeness (QED) is 0.493. The average Bonchev–Trinajstić information content (AvgIpc) is 3.07. The first-order valence-electron chi connectivity index (χ1n) is 9.94. The lowest BCUT2D eigenvalue weighted by molar-refractivity contribution is 0.0504. The Bertz CT molecular complexity index is 793. The van der Waals surface area contributed by atoms with Crippen molar-refractivity contribution in [3.63, 3.8) is 0 Å². The molecule has 0 bridgehead atoms. The van der Waals surface area contributed by atoms with Gasteiger partial charge in [-0.25, -0.2) is 9.79 Å². The summed E-state index contributed by atoms with van der Waals surface area (Å²) >= 11 is 0. The van der Waals surface area contributed by atoms with E-state index in [1.165, 1.54) is 0 Å². The highest BCUT2D eigenvalue weighted by atomic mass is 16.6. The predicted molar refractivity (Wildman–Crippen MR) is 117 cm³/mol. The van der Waals surface area contributed by atoms with Gasteiger partial charge in [-0.05, 0) is 44.9 Å². The standard InChI is InChI=1S/C22H33N5O2/c1-6-23-20(24-14-17-12-13-27(5)16-17)25-15-19(18-10-8-7-9-11-18)26-21(28)29-22(2,3)4/h7-13,16,19H,6,14-15H2,1-5H3,(H,26,28)(H2,23,24,25). The lowest BCUT2D eigenvalue weighted by Crippen LogP contribution is -2.44. The molecular weight excluding hydrogens is 366 g/mol. The average molecular weight is 400 g/mol. The van der Waals surface area contributed by atoms with Gasteiger partial charge in [-0.1, -0.05) is 30.3 Å². The molecule has 0 fully saturated rings. The molecule has 0 radical (unpaired) electrons. The third kappa shape index (κ3) is 8.29. The molecular formula is C22H33N5O2. The summed E-state index contributed by atoms with van der Waals surface area (Å²) in [5.41, 5.74) is 1.58. The number of hydrogen-bond donors (Lipinski definition) is 3. The summed E-state index contributed by atoms with van der Waals surface area (Å²) in [6, 6.07) is 11.6. The number of ether oxygens (including phenoxy) is 1. The van der Waals surface area contributed by atoms with Gasteiger partial charge in [0.05, 0.1) is 12.6 Å². The van der Waals surface area contributed by atoms with Crippen LogP contribution in [0.4, 0.5) is 4.79 Å². The molecule has 0 aliphatic heterocycles. The van der Waals surface area contributed by atoms with E-state index in [1.807, 2.05) is 88.1 Å². The second kappa shape index (κ2) is 10.5. The van der Waals surface area contributed by atoms with Crippen LogP contribution in [0.2, 0.25) is 0 Å². The minimum absolute atomic E-state index is 0.258. The predicted octanol–water partition coefficient (Wildman–Crippen LogP) is 3.35. The number of aryl methyl sites for hydroxylation is 1. The van der Waals surface area contributed by atoms with Crippen molar-refractivity contribution >= 4 is 12.1 Å². The van der Waals surface area contributed by atoms with Crippen molar-refractivity contribution < 1.29 is 9.53 Å². The lowest BCUT2D eigenvalue weighted by Gasteiger charge is -2.24. The third-order valence-corrected chi connectivity index (χ3v) is 4.02. The second-order valence-corrected chi connectivity index (χ2v) is 7.87. The molecule has 158 valence electrons. The number of nitrogens with zero attached hydrogens (tertiary/aromatic N) is 2. The molecule has 2 aromatic rings. The van der Waals surface area contributed by atoms with Gasteiger partial charge >= 0.3 is 6.09 Å². The van der Waals surface area contributed by atoms with E-state index in [9.17, 15) is 4.79 Å². The van der Waals surface area contributed by atoms with Crippen LogP contribution in [-0.2, 0) is 18.3 Å². The smallest absolute Gasteiger partial charge is 0.408 e. The lowest BCUT2D eigenvalue weighted by atomic mass is 10.1. The van der Waals surface area contributed by atoms with Gasteiger partial charge in [0.2, 0.25) is 0 Å². The molecule has 1 aromatic heterocycles. The highest BCUT2D eigenvalue weighted by molar-refractivity contribution is 5.80. The first-order valence-corrected chi connectivity index (χ1v) is 9.94. The molecule has 1 unspecified atom stereocenters. The van der Waals surface area contributed by atoms with Crippen LogP contribution < -0.4 is 16.0 Å². The molecule has 7 nitrogen and oxygen atoms in total. The van der Waals surface area contributed by atoms with Crippen molar-refractivity contribution in [2.75, 3.05) is 13.1 Å². The molecule has 2 rings (SSSR count). The van der Waals surface area contributed by atoms with Gasteiger partial charge in [-0.2, -0.15) is 0 Å². The number of aromatic nitrogens is 1. The first kappa shape index (κ1) is 22.3. The summed E-state index contributed by atoms with van der Waals surface area (Å²) in [5, 5.41) is 9.53. The summed E-state index contributed by atoms with van der Waals surface area (Å²) < 4.78 is 7.43. The summed E-state index contributed by atoms with van der Waals surface area (Å²) in [4.78, 5) is 17.0. The van der Waals surface area contributed by atoms with Crippen LogP contribution in [0.15, 0.2) is 53.8 Å². The van der Waals surface area contributed by atoms with Crippen molar-refractivity contribution in [3.05, 3.63) is 59.9 Å². The van der Waals surface area contributed by atoms with E-state index >= 15 is 0 Å².